The molecular formula is C16H9Cl2NO5. The summed E-state index contributed by atoms with van der Waals surface area (Å²) in [5.41, 5.74) is 0.779. The van der Waals surface area contributed by atoms with Gasteiger partial charge < -0.3 is 13.9 Å². The van der Waals surface area contributed by atoms with Crippen LogP contribution in [0.4, 0.5) is 0 Å². The second-order valence-electron chi connectivity index (χ2n) is 4.66. The molecule has 2 aromatic rings. The summed E-state index contributed by atoms with van der Waals surface area (Å²) in [6.07, 6.45) is 2.68. The summed E-state index contributed by atoms with van der Waals surface area (Å²) in [6.45, 7) is 0. The molecule has 6 nitrogen and oxygen atoms in total. The number of halogens is 2. The maximum absolute atomic E-state index is 12.0. The second kappa shape index (κ2) is 6.51. The van der Waals surface area contributed by atoms with Gasteiger partial charge in [0.15, 0.2) is 5.70 Å². The van der Waals surface area contributed by atoms with Crippen LogP contribution in [0.5, 0.6) is 0 Å². The van der Waals surface area contributed by atoms with Gasteiger partial charge in [0.25, 0.3) is 0 Å². The Labute approximate surface area is 146 Å². The first-order valence-corrected chi connectivity index (χ1v) is 7.39. The van der Waals surface area contributed by atoms with Gasteiger partial charge in [-0.3, -0.25) is 0 Å². The molecule has 0 N–H and O–H groups in total. The number of rotatable bonds is 3. The third-order valence-electron chi connectivity index (χ3n) is 3.14. The third kappa shape index (κ3) is 3.06. The van der Waals surface area contributed by atoms with Crippen LogP contribution in [-0.4, -0.2) is 24.9 Å². The third-order valence-corrected chi connectivity index (χ3v) is 3.69. The molecule has 0 bridgehead atoms. The summed E-state index contributed by atoms with van der Waals surface area (Å²) in [5, 5.41) is 0.749. The summed E-state index contributed by atoms with van der Waals surface area (Å²) in [6, 6.07) is 6.22. The van der Waals surface area contributed by atoms with Crippen LogP contribution in [-0.2, 0) is 14.3 Å². The average Bonchev–Trinajstić information content (AvgIpc) is 3.14. The number of benzene rings is 1. The fraction of sp³-hybridized carbons (Fsp3) is 0.0625. The summed E-state index contributed by atoms with van der Waals surface area (Å²) in [4.78, 5) is 27.7. The van der Waals surface area contributed by atoms with E-state index in [1.54, 1.807) is 12.1 Å². The second-order valence-corrected chi connectivity index (χ2v) is 5.50. The Hall–Kier alpha value is -2.57. The molecule has 0 unspecified atom stereocenters. The highest BCUT2D eigenvalue weighted by atomic mass is 35.5. The van der Waals surface area contributed by atoms with Crippen LogP contribution in [0.3, 0.4) is 0 Å². The molecule has 1 aliphatic rings. The van der Waals surface area contributed by atoms with E-state index in [0.717, 1.165) is 0 Å². The number of cyclic esters (lactones) is 1. The van der Waals surface area contributed by atoms with Crippen LogP contribution in [0.2, 0.25) is 10.0 Å². The van der Waals surface area contributed by atoms with E-state index in [2.05, 4.69) is 9.73 Å². The molecule has 122 valence electrons. The molecule has 8 heteroatoms. The minimum atomic E-state index is -0.673. The van der Waals surface area contributed by atoms with Crippen molar-refractivity contribution in [1.29, 1.82) is 0 Å². The summed E-state index contributed by atoms with van der Waals surface area (Å²) >= 11 is 11.9. The molecule has 24 heavy (non-hydrogen) atoms. The predicted octanol–water partition coefficient (Wildman–Crippen LogP) is 3.72. The summed E-state index contributed by atoms with van der Waals surface area (Å²) in [7, 11) is 1.23. The van der Waals surface area contributed by atoms with Gasteiger partial charge in [-0.2, -0.15) is 0 Å². The summed E-state index contributed by atoms with van der Waals surface area (Å²) < 4.78 is 14.8. The monoisotopic (exact) mass is 365 g/mol. The van der Waals surface area contributed by atoms with Crippen molar-refractivity contribution in [3.63, 3.8) is 0 Å². The van der Waals surface area contributed by atoms with Crippen molar-refractivity contribution >= 4 is 47.1 Å². The lowest BCUT2D eigenvalue weighted by molar-refractivity contribution is -0.129. The van der Waals surface area contributed by atoms with Gasteiger partial charge in [0, 0.05) is 10.6 Å². The number of aliphatic imine (C=N–C) groups is 1. The zero-order chi connectivity index (χ0) is 17.3. The SMILES string of the molecule is COC(=O)c1occc1/C=C1\N=C(c2ccc(Cl)cc2Cl)OC1=O. The predicted molar refractivity (Wildman–Crippen MR) is 87.1 cm³/mol. The number of carbonyl (C=O) groups excluding carboxylic acids is 2. The number of ether oxygens (including phenoxy) is 2. The molecule has 1 aliphatic heterocycles. The lowest BCUT2D eigenvalue weighted by atomic mass is 10.2. The number of hydrogen-bond acceptors (Lipinski definition) is 6. The van der Waals surface area contributed by atoms with Crippen LogP contribution < -0.4 is 0 Å². The van der Waals surface area contributed by atoms with E-state index in [1.807, 2.05) is 0 Å². The minimum absolute atomic E-state index is 0.00238. The zero-order valence-corrected chi connectivity index (χ0v) is 13.7. The smallest absolute Gasteiger partial charge is 0.374 e. The van der Waals surface area contributed by atoms with Gasteiger partial charge in [-0.25, -0.2) is 14.6 Å². The maximum atomic E-state index is 12.0. The molecule has 0 fully saturated rings. The van der Waals surface area contributed by atoms with E-state index < -0.39 is 11.9 Å². The first kappa shape index (κ1) is 16.3. The van der Waals surface area contributed by atoms with Gasteiger partial charge in [-0.05, 0) is 30.3 Å². The van der Waals surface area contributed by atoms with Crippen molar-refractivity contribution in [2.24, 2.45) is 4.99 Å². The molecule has 0 spiro atoms. The Kier molecular flexibility index (Phi) is 4.42. The van der Waals surface area contributed by atoms with Gasteiger partial charge >= 0.3 is 11.9 Å². The van der Waals surface area contributed by atoms with Crippen molar-refractivity contribution < 1.29 is 23.5 Å². The Morgan fingerprint density at radius 2 is 2.08 bits per heavy atom. The highest BCUT2D eigenvalue weighted by molar-refractivity contribution is 6.37. The van der Waals surface area contributed by atoms with Gasteiger partial charge in [-0.15, -0.1) is 0 Å². The quantitative estimate of drug-likeness (QED) is 0.611. The van der Waals surface area contributed by atoms with E-state index in [1.165, 1.54) is 31.6 Å². The van der Waals surface area contributed by atoms with Crippen molar-refractivity contribution in [2.75, 3.05) is 7.11 Å². The van der Waals surface area contributed by atoms with Crippen LogP contribution in [0, 0.1) is 0 Å². The van der Waals surface area contributed by atoms with Crippen molar-refractivity contribution in [3.8, 4) is 0 Å². The molecule has 0 atom stereocenters. The molecule has 0 saturated carbocycles. The van der Waals surface area contributed by atoms with Crippen molar-refractivity contribution in [2.45, 2.75) is 0 Å². The number of furan rings is 1. The molecule has 0 radical (unpaired) electrons. The number of esters is 2. The van der Waals surface area contributed by atoms with Gasteiger partial charge in [-0.1, -0.05) is 23.2 Å². The highest BCUT2D eigenvalue weighted by Crippen LogP contribution is 2.27. The minimum Gasteiger partial charge on any atom is -0.463 e. The molecular weight excluding hydrogens is 357 g/mol. The van der Waals surface area contributed by atoms with Crippen molar-refractivity contribution in [1.82, 2.24) is 0 Å². The van der Waals surface area contributed by atoms with Gasteiger partial charge in [0.1, 0.15) is 0 Å². The molecule has 2 heterocycles. The Balaban J connectivity index is 1.98. The topological polar surface area (TPSA) is 78.1 Å². The van der Waals surface area contributed by atoms with Crippen LogP contribution in [0.1, 0.15) is 21.7 Å². The molecule has 0 amide bonds. The number of carbonyl (C=O) groups is 2. The number of nitrogens with zero attached hydrogens (tertiary/aromatic N) is 1. The maximum Gasteiger partial charge on any atom is 0.374 e. The van der Waals surface area contributed by atoms with E-state index in [4.69, 9.17) is 32.4 Å². The molecule has 1 aromatic carbocycles. The Bertz CT molecular complexity index is 898. The highest BCUT2D eigenvalue weighted by Gasteiger charge is 2.27. The molecule has 3 rings (SSSR count). The lowest BCUT2D eigenvalue weighted by Gasteiger charge is -2.02. The summed E-state index contributed by atoms with van der Waals surface area (Å²) in [5.74, 6) is -1.32. The molecule has 1 aromatic heterocycles. The standard InChI is InChI=1S/C16H9Cl2NO5/c1-22-16(21)13-8(4-5-23-13)6-12-15(20)24-14(19-12)10-3-2-9(17)7-11(10)18/h2-7H,1H3/b12-6-. The van der Waals surface area contributed by atoms with Crippen molar-refractivity contribution in [3.05, 3.63) is 63.2 Å². The normalized spacial score (nSPS) is 15.4. The van der Waals surface area contributed by atoms with Crippen LogP contribution in [0.25, 0.3) is 6.08 Å². The molecule has 0 saturated heterocycles. The first-order valence-electron chi connectivity index (χ1n) is 6.63. The van der Waals surface area contributed by atoms with E-state index in [9.17, 15) is 9.59 Å². The average molecular weight is 366 g/mol. The van der Waals surface area contributed by atoms with Gasteiger partial charge in [0.2, 0.25) is 11.7 Å². The Morgan fingerprint density at radius 1 is 1.29 bits per heavy atom. The van der Waals surface area contributed by atoms with E-state index in [-0.39, 0.29) is 17.4 Å². The zero-order valence-electron chi connectivity index (χ0n) is 12.2. The fourth-order valence-electron chi connectivity index (χ4n) is 2.03. The van der Waals surface area contributed by atoms with Gasteiger partial charge in [0.05, 0.1) is 24.0 Å². The largest absolute Gasteiger partial charge is 0.463 e. The van der Waals surface area contributed by atoms with E-state index >= 15 is 0 Å². The number of methoxy groups -OCH3 is 1. The Morgan fingerprint density at radius 3 is 2.79 bits per heavy atom. The lowest BCUT2D eigenvalue weighted by Crippen LogP contribution is -2.06. The van der Waals surface area contributed by atoms with Crippen LogP contribution in [0.15, 0.2) is 45.6 Å². The van der Waals surface area contributed by atoms with E-state index in [0.29, 0.717) is 21.2 Å². The van der Waals surface area contributed by atoms with Crippen LogP contribution >= 0.6 is 23.2 Å². The number of hydrogen-bond donors (Lipinski definition) is 0. The molecule has 0 aliphatic carbocycles. The fourth-order valence-corrected chi connectivity index (χ4v) is 2.52. The first-order chi connectivity index (χ1) is 11.5.